The van der Waals surface area contributed by atoms with E-state index >= 15 is 0 Å². The third-order valence-electron chi connectivity index (χ3n) is 9.52. The summed E-state index contributed by atoms with van der Waals surface area (Å²) >= 11 is 0. The topological polar surface area (TPSA) is 247 Å². The van der Waals surface area contributed by atoms with Crippen molar-refractivity contribution in [2.75, 3.05) is 65.7 Å². The van der Waals surface area contributed by atoms with Crippen LogP contribution in [0.15, 0.2) is 24.3 Å². The number of carbonyl (C=O) groups is 4. The predicted molar refractivity (Wildman–Crippen MR) is 196 cm³/mol. The molecule has 40 heteroatoms. The number of amides is 2. The molecular formula is C34H37F20N3O15S2-2. The molecule has 2 amide bonds. The minimum Gasteiger partial charge on any atom is -0.743 e. The average Bonchev–Trinajstić information content (AvgIpc) is 3.25. The first kappa shape index (κ1) is 67.6. The number of alkyl halides is 20. The van der Waals surface area contributed by atoms with Gasteiger partial charge in [0.15, 0.2) is 20.2 Å². The van der Waals surface area contributed by atoms with Crippen molar-refractivity contribution in [3.8, 4) is 0 Å². The first-order chi connectivity index (χ1) is 33.0. The Morgan fingerprint density at radius 2 is 0.811 bits per heavy atom. The van der Waals surface area contributed by atoms with E-state index in [9.17, 15) is 133 Å². The molecule has 0 aromatic heterocycles. The van der Waals surface area contributed by atoms with Gasteiger partial charge in [-0.1, -0.05) is 13.2 Å². The van der Waals surface area contributed by atoms with Crippen molar-refractivity contribution in [3.63, 3.8) is 0 Å². The number of nitrogens with zero attached hydrogens (tertiary/aromatic N) is 2. The fraction of sp³-hybridized carbons (Fsp3) is 0.765. The van der Waals surface area contributed by atoms with Gasteiger partial charge in [-0.15, -0.1) is 0 Å². The van der Waals surface area contributed by atoms with Crippen LogP contribution < -0.4 is 5.32 Å². The Morgan fingerprint density at radius 3 is 1.08 bits per heavy atom. The van der Waals surface area contributed by atoms with Crippen LogP contribution in [0.5, 0.6) is 0 Å². The van der Waals surface area contributed by atoms with Gasteiger partial charge in [-0.25, -0.2) is 26.4 Å². The number of piperazine rings is 1. The largest absolute Gasteiger partial charge is 0.743 e. The fourth-order valence-electron chi connectivity index (χ4n) is 5.44. The number of rotatable bonds is 22. The lowest BCUT2D eigenvalue weighted by Crippen LogP contribution is -2.64. The van der Waals surface area contributed by atoms with Gasteiger partial charge in [-0.2, -0.15) is 87.8 Å². The van der Waals surface area contributed by atoms with Gasteiger partial charge in [0.2, 0.25) is 0 Å². The predicted octanol–water partition coefficient (Wildman–Crippen LogP) is 5.02. The highest BCUT2D eigenvalue weighted by Crippen LogP contribution is 2.45. The van der Waals surface area contributed by atoms with Crippen molar-refractivity contribution in [3.05, 3.63) is 24.3 Å². The fourth-order valence-corrected chi connectivity index (χ4v) is 6.38. The summed E-state index contributed by atoms with van der Waals surface area (Å²) in [6.07, 6.45) is -32.0. The summed E-state index contributed by atoms with van der Waals surface area (Å²) < 4.78 is 350. The van der Waals surface area contributed by atoms with Crippen LogP contribution in [0.4, 0.5) is 87.8 Å². The molecule has 0 spiro atoms. The Balaban J connectivity index is 0.000000740. The van der Waals surface area contributed by atoms with Crippen molar-refractivity contribution in [2.45, 2.75) is 97.2 Å². The van der Waals surface area contributed by atoms with E-state index in [1.54, 1.807) is 0 Å². The number of unbranched alkanes of at least 4 members (excludes halogenated alkanes) is 2. The van der Waals surface area contributed by atoms with E-state index in [1.165, 1.54) is 0 Å². The molecule has 0 aliphatic carbocycles. The lowest BCUT2D eigenvalue weighted by Gasteiger charge is -2.38. The molecule has 18 nitrogen and oxygen atoms in total. The van der Waals surface area contributed by atoms with E-state index in [1.807, 2.05) is 0 Å². The van der Waals surface area contributed by atoms with Crippen molar-refractivity contribution in [1.29, 1.82) is 0 Å². The Hall–Kier alpha value is -4.38. The van der Waals surface area contributed by atoms with Crippen LogP contribution in [-0.2, 0) is 63.1 Å². The molecule has 2 rings (SSSR count). The van der Waals surface area contributed by atoms with Crippen LogP contribution in [-0.4, -0.2) is 184 Å². The molecule has 0 bridgehead atoms. The minimum absolute atomic E-state index is 0.0746. The lowest BCUT2D eigenvalue weighted by atomic mass is 10.1. The maximum atomic E-state index is 14.0. The summed E-state index contributed by atoms with van der Waals surface area (Å²) in [7, 11) is -13.7. The lowest BCUT2D eigenvalue weighted by molar-refractivity contribution is -0.351. The van der Waals surface area contributed by atoms with Crippen LogP contribution in [0, 0.1) is 0 Å². The molecule has 0 aromatic carbocycles. The van der Waals surface area contributed by atoms with Gasteiger partial charge in [0.1, 0.15) is 11.1 Å². The number of hydrogen-bond acceptors (Lipinski definition) is 16. The number of morpholine rings is 1. The number of hydrogen-bond donors (Lipinski definition) is 1. The summed E-state index contributed by atoms with van der Waals surface area (Å²) in [6, 6.07) is 0. The summed E-state index contributed by atoms with van der Waals surface area (Å²) in [6.45, 7) is -1.25. The molecule has 2 atom stereocenters. The Bertz CT molecular complexity index is 2080. The summed E-state index contributed by atoms with van der Waals surface area (Å²) in [5.41, 5.74) is -4.90. The monoisotopic (exact) mass is 1170 g/mol. The molecule has 2 fully saturated rings. The molecule has 0 radical (unpaired) electrons. The van der Waals surface area contributed by atoms with Gasteiger partial charge < -0.3 is 47.9 Å². The van der Waals surface area contributed by atoms with Crippen molar-refractivity contribution < 1.29 is 157 Å². The van der Waals surface area contributed by atoms with E-state index < -0.39 is 192 Å². The number of esters is 2. The van der Waals surface area contributed by atoms with E-state index in [-0.39, 0.29) is 26.3 Å². The van der Waals surface area contributed by atoms with Gasteiger partial charge in [0, 0.05) is 52.1 Å². The van der Waals surface area contributed by atoms with Crippen molar-refractivity contribution in [2.24, 2.45) is 0 Å². The number of halogens is 20. The van der Waals surface area contributed by atoms with Crippen LogP contribution >= 0.6 is 0 Å². The molecule has 1 N–H and O–H groups in total. The maximum Gasteiger partial charge on any atom is 0.466 e. The average molecular weight is 1170 g/mol. The Morgan fingerprint density at radius 1 is 0.514 bits per heavy atom. The molecule has 432 valence electrons. The van der Waals surface area contributed by atoms with E-state index in [2.05, 4.69) is 37.4 Å². The second kappa shape index (κ2) is 24.3. The third kappa shape index (κ3) is 16.3. The molecule has 0 saturated carbocycles. The first-order valence-electron chi connectivity index (χ1n) is 19.7. The van der Waals surface area contributed by atoms with Crippen molar-refractivity contribution in [1.82, 2.24) is 15.1 Å². The van der Waals surface area contributed by atoms with E-state index in [4.69, 9.17) is 4.74 Å². The molecule has 74 heavy (non-hydrogen) atoms. The first-order valence-corrected chi connectivity index (χ1v) is 22.5. The molecule has 2 aliphatic heterocycles. The Kier molecular flexibility index (Phi) is 22.2. The second-order valence-electron chi connectivity index (χ2n) is 14.9. The Labute approximate surface area is 402 Å². The molecule has 2 heterocycles. The van der Waals surface area contributed by atoms with Crippen molar-refractivity contribution >= 4 is 44.0 Å². The number of carbonyl (C=O) groups excluding carboxylic acids is 4. The summed E-state index contributed by atoms with van der Waals surface area (Å²) in [5.74, 6) is -30.3. The zero-order valence-electron chi connectivity index (χ0n) is 36.6. The van der Waals surface area contributed by atoms with Crippen LogP contribution in [0.2, 0.25) is 0 Å². The second-order valence-corrected chi connectivity index (χ2v) is 17.7. The minimum atomic E-state index is -6.83. The molecular weight excluding hydrogens is 1130 g/mol. The normalized spacial score (nSPS) is 17.8. The maximum absolute atomic E-state index is 14.0. The van der Waals surface area contributed by atoms with Crippen LogP contribution in [0.3, 0.4) is 0 Å². The summed E-state index contributed by atoms with van der Waals surface area (Å²) in [4.78, 5) is 49.7. The zero-order valence-corrected chi connectivity index (χ0v) is 38.3. The van der Waals surface area contributed by atoms with Crippen LogP contribution in [0.25, 0.3) is 0 Å². The highest BCUT2D eigenvalue weighted by Gasteiger charge is 2.70. The highest BCUT2D eigenvalue weighted by atomic mass is 32.2. The highest BCUT2D eigenvalue weighted by molar-refractivity contribution is 7.87. The summed E-state index contributed by atoms with van der Waals surface area (Å²) in [5, 5.41) is -9.49. The number of ether oxygens (including phenoxy) is 5. The standard InChI is InChI=1S/C17H20F10N2O7S.C17H19F10NO8S/c1-10(15(20,21)22)11(30)36-14(16(23,24)25,12(31)29-7-5-28-6-8-29)35-9-3-2-4-13(18,19)17(26,27)37(32,33)34;1-10(15(20,21)22)11(29)36-14(16(23,24)25,12(30)28-5-8-34-9-6-28)35-7-3-2-4-13(18,19)17(26,27)37(31,32)33/h28H,1-9H2,(H,32,33,34);1-9H2,(H,31,32,33)/p-2. The zero-order chi connectivity index (χ0) is 58.2. The molecule has 2 aliphatic rings. The van der Waals surface area contributed by atoms with E-state index in [0.717, 1.165) is 0 Å². The van der Waals surface area contributed by atoms with Gasteiger partial charge in [0.05, 0.1) is 26.4 Å². The van der Waals surface area contributed by atoms with Gasteiger partial charge in [-0.05, 0) is 25.7 Å². The smallest absolute Gasteiger partial charge is 0.466 e. The van der Waals surface area contributed by atoms with Crippen LogP contribution in [0.1, 0.15) is 38.5 Å². The van der Waals surface area contributed by atoms with Gasteiger partial charge in [-0.3, -0.25) is 9.59 Å². The quantitative estimate of drug-likeness (QED) is 0.0373. The number of nitrogens with one attached hydrogen (secondary N) is 1. The van der Waals surface area contributed by atoms with Gasteiger partial charge >= 0.3 is 82.4 Å². The SMILES string of the molecule is C=C(C(=O)OC(OCCCCC(F)(F)C(F)(F)S(=O)(=O)[O-])(C(=O)N1CCNCC1)C(F)(F)F)C(F)(F)F.C=C(C(=O)OC(OCCCCC(F)(F)C(F)(F)S(=O)(=O)[O-])(C(=O)N1CCOCC1)C(F)(F)F)C(F)(F)F. The van der Waals surface area contributed by atoms with E-state index in [0.29, 0.717) is 9.80 Å². The van der Waals surface area contributed by atoms with Gasteiger partial charge in [0.25, 0.3) is 0 Å². The molecule has 0 aromatic rings. The third-order valence-corrected chi connectivity index (χ3v) is 11.4. The molecule has 2 saturated heterocycles. The molecule has 2 unspecified atom stereocenters.